The van der Waals surface area contributed by atoms with Gasteiger partial charge in [0.25, 0.3) is 5.91 Å². The largest absolute Gasteiger partial charge is 0.467 e. The quantitative estimate of drug-likeness (QED) is 0.291. The van der Waals surface area contributed by atoms with E-state index >= 15 is 0 Å². The van der Waals surface area contributed by atoms with Crippen LogP contribution in [0.5, 0.6) is 0 Å². The molecule has 0 atom stereocenters. The lowest BCUT2D eigenvalue weighted by molar-refractivity contribution is -0.122. The maximum atomic E-state index is 13.0. The van der Waals surface area contributed by atoms with Crippen LogP contribution in [-0.4, -0.2) is 16.0 Å². The van der Waals surface area contributed by atoms with Gasteiger partial charge in [-0.25, -0.2) is 4.99 Å². The van der Waals surface area contributed by atoms with Crippen LogP contribution in [0.1, 0.15) is 11.5 Å². The highest BCUT2D eigenvalue weighted by atomic mass is 127. The van der Waals surface area contributed by atoms with E-state index in [4.69, 9.17) is 8.83 Å². The smallest absolute Gasteiger partial charge is 0.267 e. The summed E-state index contributed by atoms with van der Waals surface area (Å²) in [6.07, 6.45) is 3.33. The van der Waals surface area contributed by atoms with Gasteiger partial charge in [0.2, 0.25) is 0 Å². The van der Waals surface area contributed by atoms with Crippen molar-refractivity contribution in [1.29, 1.82) is 0 Å². The number of amides is 1. The zero-order valence-electron chi connectivity index (χ0n) is 13.8. The summed E-state index contributed by atoms with van der Waals surface area (Å²) in [6, 6.07) is 15.0. The summed E-state index contributed by atoms with van der Waals surface area (Å²) in [6.45, 7) is 0.321. The summed E-state index contributed by atoms with van der Waals surface area (Å²) in [4.78, 5) is 19.8. The van der Waals surface area contributed by atoms with Crippen LogP contribution < -0.4 is 0 Å². The van der Waals surface area contributed by atoms with Crippen molar-refractivity contribution in [1.82, 2.24) is 4.90 Å². The van der Waals surface area contributed by atoms with Crippen LogP contribution in [-0.2, 0) is 11.3 Å². The molecule has 0 bridgehead atoms. The van der Waals surface area contributed by atoms with E-state index in [1.807, 2.05) is 42.5 Å². The number of para-hydroxylation sites is 1. The van der Waals surface area contributed by atoms with Crippen LogP contribution >= 0.6 is 50.3 Å². The maximum absolute atomic E-state index is 13.0. The highest BCUT2D eigenvalue weighted by Gasteiger charge is 2.34. The number of rotatable bonds is 4. The molecule has 4 rings (SSSR count). The molecule has 0 spiro atoms. The van der Waals surface area contributed by atoms with Crippen molar-refractivity contribution < 1.29 is 13.6 Å². The average molecular weight is 555 g/mol. The number of furan rings is 2. The summed E-state index contributed by atoms with van der Waals surface area (Å²) in [5, 5.41) is 0.606. The molecule has 8 heteroatoms. The fourth-order valence-electron chi connectivity index (χ4n) is 2.47. The summed E-state index contributed by atoms with van der Waals surface area (Å²) in [7, 11) is 0. The van der Waals surface area contributed by atoms with Gasteiger partial charge < -0.3 is 8.83 Å². The van der Waals surface area contributed by atoms with Crippen LogP contribution in [0.25, 0.3) is 6.08 Å². The van der Waals surface area contributed by atoms with E-state index < -0.39 is 0 Å². The second-order valence-electron chi connectivity index (χ2n) is 5.58. The molecule has 1 fully saturated rings. The van der Waals surface area contributed by atoms with Gasteiger partial charge >= 0.3 is 0 Å². The Bertz CT molecular complexity index is 1010. The molecule has 136 valence electrons. The van der Waals surface area contributed by atoms with Crippen molar-refractivity contribution in [2.24, 2.45) is 4.99 Å². The minimum Gasteiger partial charge on any atom is -0.467 e. The third-order valence-electron chi connectivity index (χ3n) is 3.70. The predicted molar refractivity (Wildman–Crippen MR) is 117 cm³/mol. The number of benzene rings is 1. The van der Waals surface area contributed by atoms with Crippen molar-refractivity contribution in [3.05, 3.63) is 79.5 Å². The second-order valence-corrected chi connectivity index (χ2v) is 8.42. The van der Waals surface area contributed by atoms with Gasteiger partial charge in [-0.05, 0) is 58.0 Å². The molecule has 1 aromatic carbocycles. The number of amidine groups is 1. The topological polar surface area (TPSA) is 59.0 Å². The number of carbonyl (C=O) groups excluding carboxylic acids is 1. The van der Waals surface area contributed by atoms with Gasteiger partial charge in [0.15, 0.2) is 8.93 Å². The summed E-state index contributed by atoms with van der Waals surface area (Å²) in [5.74, 6) is 1.18. The minimum atomic E-state index is -0.131. The minimum absolute atomic E-state index is 0.131. The third-order valence-corrected chi connectivity index (χ3v) is 6.84. The van der Waals surface area contributed by atoms with E-state index in [2.05, 4.69) is 43.5 Å². The Kier molecular flexibility index (Phi) is 5.55. The molecule has 27 heavy (non-hydrogen) atoms. The molecule has 0 saturated carbocycles. The van der Waals surface area contributed by atoms with Gasteiger partial charge in [-0.3, -0.25) is 9.69 Å². The molecule has 0 unspecified atom stereocenters. The molecule has 5 nitrogen and oxygen atoms in total. The van der Waals surface area contributed by atoms with Gasteiger partial charge in [-0.1, -0.05) is 18.2 Å². The fraction of sp³-hybridized carbons (Fsp3) is 0.0526. The van der Waals surface area contributed by atoms with E-state index in [1.54, 1.807) is 23.3 Å². The molecular formula is C19H12BrIN2O3S. The number of hydrogen-bond acceptors (Lipinski definition) is 5. The molecule has 3 heterocycles. The zero-order chi connectivity index (χ0) is 18.8. The summed E-state index contributed by atoms with van der Waals surface area (Å²) < 4.78 is 12.6. The Hall–Kier alpha value is -1.78. The number of thioether (sulfide) groups is 1. The van der Waals surface area contributed by atoms with Crippen molar-refractivity contribution >= 4 is 73.1 Å². The van der Waals surface area contributed by atoms with Crippen molar-refractivity contribution in [2.75, 3.05) is 0 Å². The maximum Gasteiger partial charge on any atom is 0.267 e. The number of nitrogens with zero attached hydrogens (tertiary/aromatic N) is 2. The predicted octanol–water partition coefficient (Wildman–Crippen LogP) is 6.04. The number of hydrogen-bond donors (Lipinski definition) is 0. The fourth-order valence-corrected chi connectivity index (χ4v) is 4.16. The van der Waals surface area contributed by atoms with E-state index in [9.17, 15) is 4.79 Å². The second kappa shape index (κ2) is 8.07. The Balaban J connectivity index is 1.69. The normalized spacial score (nSPS) is 17.4. The standard InChI is InChI=1S/C19H12BrIN2O3S/c20-15-9-14(26-17(15)21)10-16-18(24)23(11-13-7-4-8-25-13)19(27-16)22-12-5-2-1-3-6-12/h1-10H,11H2/b16-10-,22-19?. The van der Waals surface area contributed by atoms with Crippen molar-refractivity contribution in [3.63, 3.8) is 0 Å². The van der Waals surface area contributed by atoms with E-state index in [0.717, 1.165) is 13.9 Å². The molecule has 0 radical (unpaired) electrons. The molecule has 1 amide bonds. The Morgan fingerprint density at radius 3 is 2.70 bits per heavy atom. The van der Waals surface area contributed by atoms with Gasteiger partial charge in [-0.2, -0.15) is 0 Å². The van der Waals surface area contributed by atoms with Crippen LogP contribution in [0.2, 0.25) is 0 Å². The first-order valence-electron chi connectivity index (χ1n) is 7.92. The summed E-state index contributed by atoms with van der Waals surface area (Å²) in [5.41, 5.74) is 0.786. The van der Waals surface area contributed by atoms with Crippen LogP contribution in [0.4, 0.5) is 5.69 Å². The number of carbonyl (C=O) groups is 1. The van der Waals surface area contributed by atoms with Crippen LogP contribution in [0.3, 0.4) is 0 Å². The Morgan fingerprint density at radius 2 is 2.04 bits per heavy atom. The molecule has 0 aliphatic carbocycles. The molecule has 2 aromatic heterocycles. The van der Waals surface area contributed by atoms with E-state index in [0.29, 0.717) is 28.1 Å². The first-order valence-corrected chi connectivity index (χ1v) is 10.6. The monoisotopic (exact) mass is 554 g/mol. The van der Waals surface area contributed by atoms with Gasteiger partial charge in [0, 0.05) is 28.7 Å². The lowest BCUT2D eigenvalue weighted by Crippen LogP contribution is -2.28. The highest BCUT2D eigenvalue weighted by molar-refractivity contribution is 14.1. The number of halogens is 2. The Labute approximate surface area is 181 Å². The van der Waals surface area contributed by atoms with E-state index in [1.165, 1.54) is 11.8 Å². The Morgan fingerprint density at radius 1 is 1.22 bits per heavy atom. The van der Waals surface area contributed by atoms with Crippen LogP contribution in [0.15, 0.2) is 78.0 Å². The lowest BCUT2D eigenvalue weighted by atomic mass is 10.3. The molecule has 3 aromatic rings. The molecule has 1 saturated heterocycles. The van der Waals surface area contributed by atoms with Crippen molar-refractivity contribution in [3.8, 4) is 0 Å². The average Bonchev–Trinajstić information content (AvgIpc) is 3.35. The summed E-state index contributed by atoms with van der Waals surface area (Å²) >= 11 is 6.83. The van der Waals surface area contributed by atoms with E-state index in [-0.39, 0.29) is 5.91 Å². The first-order chi connectivity index (χ1) is 13.1. The van der Waals surface area contributed by atoms with Gasteiger partial charge in [0.1, 0.15) is 11.5 Å². The highest BCUT2D eigenvalue weighted by Crippen LogP contribution is 2.36. The van der Waals surface area contributed by atoms with Gasteiger partial charge in [0.05, 0.1) is 27.9 Å². The zero-order valence-corrected chi connectivity index (χ0v) is 18.3. The number of aliphatic imine (C=N–C) groups is 1. The SMILES string of the molecule is O=C1/C(=C/c2cc(Br)c(I)o2)SC(=Nc2ccccc2)N1Cc1ccco1. The van der Waals surface area contributed by atoms with Crippen LogP contribution in [0, 0.1) is 3.77 Å². The lowest BCUT2D eigenvalue weighted by Gasteiger charge is -2.13. The first kappa shape index (κ1) is 18.6. The molecule has 1 aliphatic rings. The third kappa shape index (κ3) is 4.22. The molecule has 1 aliphatic heterocycles. The molecular weight excluding hydrogens is 543 g/mol. The van der Waals surface area contributed by atoms with Gasteiger partial charge in [-0.15, -0.1) is 0 Å². The molecule has 0 N–H and O–H groups in total. The van der Waals surface area contributed by atoms with Crippen molar-refractivity contribution in [2.45, 2.75) is 6.54 Å².